The second-order valence-corrected chi connectivity index (χ2v) is 4.69. The number of rotatable bonds is 2. The van der Waals surface area contributed by atoms with Crippen molar-refractivity contribution in [2.75, 3.05) is 7.05 Å². The van der Waals surface area contributed by atoms with Crippen LogP contribution in [0.1, 0.15) is 32.1 Å². The number of carboxylic acid groups (broad SMARTS) is 1. The van der Waals surface area contributed by atoms with Gasteiger partial charge in [-0.15, -0.1) is 0 Å². The lowest BCUT2D eigenvalue weighted by Gasteiger charge is -2.16. The van der Waals surface area contributed by atoms with Gasteiger partial charge in [0.25, 0.3) is 0 Å². The molecule has 2 fully saturated rings. The van der Waals surface area contributed by atoms with Crippen molar-refractivity contribution in [3.8, 4) is 0 Å². The van der Waals surface area contributed by atoms with E-state index in [2.05, 4.69) is 0 Å². The molecule has 2 atom stereocenters. The summed E-state index contributed by atoms with van der Waals surface area (Å²) >= 11 is 0. The Hall–Kier alpha value is -1.06. The van der Waals surface area contributed by atoms with Crippen LogP contribution in [0.2, 0.25) is 0 Å². The number of carbonyl (C=O) groups excluding carboxylic acids is 1. The van der Waals surface area contributed by atoms with Gasteiger partial charge < -0.3 is 10.0 Å². The number of hydrogen-bond donors (Lipinski definition) is 1. The lowest BCUT2D eigenvalue weighted by Crippen LogP contribution is -2.35. The summed E-state index contributed by atoms with van der Waals surface area (Å²) in [4.78, 5) is 24.2. The largest absolute Gasteiger partial charge is 0.480 e. The molecule has 0 aromatic heterocycles. The second kappa shape index (κ2) is 3.83. The Bertz CT molecular complexity index is 284. The molecule has 0 radical (unpaired) electrons. The molecule has 2 rings (SSSR count). The van der Waals surface area contributed by atoms with Crippen LogP contribution in [-0.2, 0) is 9.59 Å². The fourth-order valence-electron chi connectivity index (χ4n) is 2.93. The van der Waals surface area contributed by atoms with Gasteiger partial charge in [-0.05, 0) is 25.2 Å². The summed E-state index contributed by atoms with van der Waals surface area (Å²) in [6, 6.07) is -0.594. The molecule has 84 valence electrons. The van der Waals surface area contributed by atoms with Crippen molar-refractivity contribution in [1.29, 1.82) is 0 Å². The highest BCUT2D eigenvalue weighted by Crippen LogP contribution is 2.38. The van der Waals surface area contributed by atoms with Gasteiger partial charge in [0.2, 0.25) is 5.91 Å². The van der Waals surface area contributed by atoms with E-state index in [-0.39, 0.29) is 11.8 Å². The molecule has 1 heterocycles. The number of carbonyl (C=O) groups is 2. The third kappa shape index (κ3) is 1.73. The van der Waals surface area contributed by atoms with Crippen molar-refractivity contribution in [3.05, 3.63) is 0 Å². The van der Waals surface area contributed by atoms with Crippen molar-refractivity contribution in [3.63, 3.8) is 0 Å². The van der Waals surface area contributed by atoms with Crippen LogP contribution in [0.3, 0.4) is 0 Å². The highest BCUT2D eigenvalue weighted by atomic mass is 16.4. The quantitative estimate of drug-likeness (QED) is 0.744. The van der Waals surface area contributed by atoms with Gasteiger partial charge in [-0.25, -0.2) is 4.79 Å². The van der Waals surface area contributed by atoms with Crippen LogP contribution in [0.4, 0.5) is 0 Å². The number of hydrogen-bond acceptors (Lipinski definition) is 2. The molecule has 0 bridgehead atoms. The van der Waals surface area contributed by atoms with Gasteiger partial charge in [-0.3, -0.25) is 4.79 Å². The molecule has 1 aliphatic heterocycles. The molecule has 0 aromatic rings. The van der Waals surface area contributed by atoms with Crippen LogP contribution >= 0.6 is 0 Å². The third-order valence-electron chi connectivity index (χ3n) is 3.86. The zero-order valence-corrected chi connectivity index (χ0v) is 8.98. The van der Waals surface area contributed by atoms with E-state index < -0.39 is 12.0 Å². The zero-order valence-electron chi connectivity index (χ0n) is 8.98. The maximum Gasteiger partial charge on any atom is 0.326 e. The lowest BCUT2D eigenvalue weighted by molar-refractivity contribution is -0.145. The number of amides is 1. The van der Waals surface area contributed by atoms with E-state index in [1.54, 1.807) is 7.05 Å². The summed E-state index contributed by atoms with van der Waals surface area (Å²) in [5.74, 6) is -0.427. The van der Waals surface area contributed by atoms with Gasteiger partial charge >= 0.3 is 5.97 Å². The number of carboxylic acids is 1. The standard InChI is InChI=1S/C11H17NO3/c1-12-9(11(14)15)6-8(10(12)13)7-4-2-3-5-7/h7-9H,2-6H2,1H3,(H,14,15). The topological polar surface area (TPSA) is 57.6 Å². The molecule has 1 saturated carbocycles. The van der Waals surface area contributed by atoms with Gasteiger partial charge in [0, 0.05) is 13.0 Å². The molecule has 4 heteroatoms. The average molecular weight is 211 g/mol. The molecular weight excluding hydrogens is 194 g/mol. The molecule has 0 spiro atoms. The van der Waals surface area contributed by atoms with Crippen molar-refractivity contribution in [1.82, 2.24) is 4.90 Å². The molecule has 0 aromatic carbocycles. The first-order chi connectivity index (χ1) is 7.11. The Balaban J connectivity index is 2.09. The molecule has 1 aliphatic carbocycles. The SMILES string of the molecule is CN1C(=O)C(C2CCCC2)CC1C(=O)O. The Kier molecular flexibility index (Phi) is 2.67. The summed E-state index contributed by atoms with van der Waals surface area (Å²) in [5, 5.41) is 8.97. The van der Waals surface area contributed by atoms with E-state index >= 15 is 0 Å². The number of nitrogens with zero attached hydrogens (tertiary/aromatic N) is 1. The van der Waals surface area contributed by atoms with E-state index in [0.717, 1.165) is 12.8 Å². The average Bonchev–Trinajstić information content (AvgIpc) is 2.77. The fraction of sp³-hybridized carbons (Fsp3) is 0.818. The van der Waals surface area contributed by atoms with Crippen LogP contribution in [0.15, 0.2) is 0 Å². The van der Waals surface area contributed by atoms with Gasteiger partial charge in [0.05, 0.1) is 0 Å². The Morgan fingerprint density at radius 2 is 2.00 bits per heavy atom. The van der Waals surface area contributed by atoms with Crippen LogP contribution in [0.25, 0.3) is 0 Å². The minimum atomic E-state index is -0.869. The predicted octanol–water partition coefficient (Wildman–Crippen LogP) is 1.11. The Labute approximate surface area is 89.3 Å². The van der Waals surface area contributed by atoms with Gasteiger partial charge in [-0.1, -0.05) is 12.8 Å². The minimum absolute atomic E-state index is 0.0291. The first kappa shape index (κ1) is 10.5. The normalized spacial score (nSPS) is 32.6. The van der Waals surface area contributed by atoms with Crippen LogP contribution < -0.4 is 0 Å². The number of aliphatic carboxylic acids is 1. The summed E-state index contributed by atoms with van der Waals surface area (Å²) in [5.41, 5.74) is 0. The van der Waals surface area contributed by atoms with E-state index in [1.165, 1.54) is 17.7 Å². The van der Waals surface area contributed by atoms with Crippen LogP contribution in [0, 0.1) is 11.8 Å². The Morgan fingerprint density at radius 1 is 1.40 bits per heavy atom. The van der Waals surface area contributed by atoms with E-state index in [0.29, 0.717) is 12.3 Å². The second-order valence-electron chi connectivity index (χ2n) is 4.69. The smallest absolute Gasteiger partial charge is 0.326 e. The first-order valence-corrected chi connectivity index (χ1v) is 5.60. The Morgan fingerprint density at radius 3 is 2.47 bits per heavy atom. The molecule has 2 unspecified atom stereocenters. The lowest BCUT2D eigenvalue weighted by atomic mass is 9.88. The fourth-order valence-corrected chi connectivity index (χ4v) is 2.93. The molecular formula is C11H17NO3. The molecule has 1 saturated heterocycles. The highest BCUT2D eigenvalue weighted by molar-refractivity contribution is 5.89. The van der Waals surface area contributed by atoms with Crippen molar-refractivity contribution >= 4 is 11.9 Å². The van der Waals surface area contributed by atoms with Crippen molar-refractivity contribution < 1.29 is 14.7 Å². The molecule has 2 aliphatic rings. The highest BCUT2D eigenvalue weighted by Gasteiger charge is 2.44. The summed E-state index contributed by atoms with van der Waals surface area (Å²) < 4.78 is 0. The van der Waals surface area contributed by atoms with E-state index in [1.807, 2.05) is 0 Å². The maximum atomic E-state index is 11.9. The summed E-state index contributed by atoms with van der Waals surface area (Å²) in [6.45, 7) is 0. The molecule has 1 N–H and O–H groups in total. The molecule has 15 heavy (non-hydrogen) atoms. The van der Waals surface area contributed by atoms with Crippen molar-refractivity contribution in [2.45, 2.75) is 38.1 Å². The van der Waals surface area contributed by atoms with Crippen LogP contribution in [0.5, 0.6) is 0 Å². The van der Waals surface area contributed by atoms with Gasteiger partial charge in [0.15, 0.2) is 0 Å². The van der Waals surface area contributed by atoms with Gasteiger partial charge in [0.1, 0.15) is 6.04 Å². The van der Waals surface area contributed by atoms with E-state index in [4.69, 9.17) is 5.11 Å². The zero-order chi connectivity index (χ0) is 11.0. The monoisotopic (exact) mass is 211 g/mol. The molecule has 4 nitrogen and oxygen atoms in total. The van der Waals surface area contributed by atoms with Crippen molar-refractivity contribution in [2.24, 2.45) is 11.8 Å². The summed E-state index contributed by atoms with van der Waals surface area (Å²) in [7, 11) is 1.61. The predicted molar refractivity (Wildman–Crippen MR) is 54.3 cm³/mol. The number of likely N-dealkylation sites (tertiary alicyclic amines) is 1. The molecule has 1 amide bonds. The minimum Gasteiger partial charge on any atom is -0.480 e. The van der Waals surface area contributed by atoms with E-state index in [9.17, 15) is 9.59 Å². The van der Waals surface area contributed by atoms with Crippen LogP contribution in [-0.4, -0.2) is 35.0 Å². The number of likely N-dealkylation sites (N-methyl/N-ethyl adjacent to an activating group) is 1. The summed E-state index contributed by atoms with van der Waals surface area (Å²) in [6.07, 6.45) is 5.08. The maximum absolute atomic E-state index is 11.9. The first-order valence-electron chi connectivity index (χ1n) is 5.60. The third-order valence-corrected chi connectivity index (χ3v) is 3.86. The van der Waals surface area contributed by atoms with Gasteiger partial charge in [-0.2, -0.15) is 0 Å².